The van der Waals surface area contributed by atoms with Gasteiger partial charge in [0.1, 0.15) is 0 Å². The van der Waals surface area contributed by atoms with Crippen LogP contribution in [0.25, 0.3) is 0 Å². The zero-order valence-electron chi connectivity index (χ0n) is 12.3. The van der Waals surface area contributed by atoms with E-state index in [2.05, 4.69) is 6.92 Å². The molecular formula is C13H26N2O3S. The highest BCUT2D eigenvalue weighted by Crippen LogP contribution is 2.17. The van der Waals surface area contributed by atoms with Crippen molar-refractivity contribution in [2.24, 2.45) is 5.92 Å². The molecule has 1 heterocycles. The van der Waals surface area contributed by atoms with Gasteiger partial charge in [0.15, 0.2) is 0 Å². The first kappa shape index (κ1) is 16.4. The Morgan fingerprint density at radius 2 is 1.74 bits per heavy atom. The first-order valence-electron chi connectivity index (χ1n) is 7.14. The zero-order chi connectivity index (χ0) is 14.5. The molecule has 1 rings (SSSR count). The summed E-state index contributed by atoms with van der Waals surface area (Å²) in [5.41, 5.74) is 0. The highest BCUT2D eigenvalue weighted by molar-refractivity contribution is 7.88. The van der Waals surface area contributed by atoms with Crippen molar-refractivity contribution >= 4 is 15.9 Å². The largest absolute Gasteiger partial charge is 0.340 e. The third-order valence-corrected chi connectivity index (χ3v) is 5.07. The molecular weight excluding hydrogens is 264 g/mol. The number of rotatable bonds is 6. The van der Waals surface area contributed by atoms with Gasteiger partial charge in [-0.25, -0.2) is 8.42 Å². The first-order valence-corrected chi connectivity index (χ1v) is 8.98. The summed E-state index contributed by atoms with van der Waals surface area (Å²) < 4.78 is 24.3. The number of unbranched alkanes of at least 4 members (excludes halogenated alkanes) is 1. The van der Waals surface area contributed by atoms with Crippen LogP contribution in [0.3, 0.4) is 0 Å². The van der Waals surface area contributed by atoms with Crippen molar-refractivity contribution in [2.75, 3.05) is 32.4 Å². The lowest BCUT2D eigenvalue weighted by atomic mass is 9.97. The summed E-state index contributed by atoms with van der Waals surface area (Å²) in [6, 6.07) is 0. The van der Waals surface area contributed by atoms with E-state index in [4.69, 9.17) is 0 Å². The van der Waals surface area contributed by atoms with E-state index in [1.807, 2.05) is 11.8 Å². The fraction of sp³-hybridized carbons (Fsp3) is 0.923. The van der Waals surface area contributed by atoms with Crippen LogP contribution in [-0.2, 0) is 14.8 Å². The minimum Gasteiger partial charge on any atom is -0.340 e. The molecule has 1 amide bonds. The van der Waals surface area contributed by atoms with E-state index in [-0.39, 0.29) is 11.8 Å². The third-order valence-electron chi connectivity index (χ3n) is 3.77. The Hall–Kier alpha value is -0.620. The molecule has 0 saturated carbocycles. The summed E-state index contributed by atoms with van der Waals surface area (Å²) in [6.07, 6.45) is 5.21. The van der Waals surface area contributed by atoms with Crippen LogP contribution in [0.2, 0.25) is 0 Å². The van der Waals surface area contributed by atoms with Gasteiger partial charge in [0.2, 0.25) is 15.9 Å². The van der Waals surface area contributed by atoms with E-state index < -0.39 is 10.0 Å². The van der Waals surface area contributed by atoms with E-state index in [1.165, 1.54) is 10.6 Å². The molecule has 1 aliphatic rings. The number of hydrogen-bond acceptors (Lipinski definition) is 3. The molecule has 1 atom stereocenters. The molecule has 0 bridgehead atoms. The van der Waals surface area contributed by atoms with Crippen molar-refractivity contribution in [2.45, 2.75) is 39.5 Å². The van der Waals surface area contributed by atoms with E-state index in [9.17, 15) is 13.2 Å². The Morgan fingerprint density at radius 1 is 1.16 bits per heavy atom. The second-order valence-electron chi connectivity index (χ2n) is 5.23. The van der Waals surface area contributed by atoms with Crippen LogP contribution in [0.1, 0.15) is 39.5 Å². The maximum atomic E-state index is 12.3. The van der Waals surface area contributed by atoms with Crippen LogP contribution in [0.15, 0.2) is 0 Å². The molecule has 0 N–H and O–H groups in total. The van der Waals surface area contributed by atoms with Gasteiger partial charge < -0.3 is 4.90 Å². The van der Waals surface area contributed by atoms with Gasteiger partial charge >= 0.3 is 0 Å². The number of carbonyl (C=O) groups is 1. The van der Waals surface area contributed by atoms with Crippen molar-refractivity contribution in [3.05, 3.63) is 0 Å². The SMILES string of the molecule is CCCC[C@@H](CC)C(=O)N1CCN(S(C)(=O)=O)CC1. The monoisotopic (exact) mass is 290 g/mol. The van der Waals surface area contributed by atoms with Crippen LogP contribution in [-0.4, -0.2) is 56.0 Å². The molecule has 0 unspecified atom stereocenters. The maximum absolute atomic E-state index is 12.3. The number of nitrogens with zero attached hydrogens (tertiary/aromatic N) is 2. The fourth-order valence-corrected chi connectivity index (χ4v) is 3.28. The molecule has 0 aromatic carbocycles. The number of carbonyl (C=O) groups excluding carboxylic acids is 1. The van der Waals surface area contributed by atoms with Crippen LogP contribution in [0.4, 0.5) is 0 Å². The van der Waals surface area contributed by atoms with Gasteiger partial charge in [-0.3, -0.25) is 4.79 Å². The summed E-state index contributed by atoms with van der Waals surface area (Å²) in [7, 11) is -3.12. The summed E-state index contributed by atoms with van der Waals surface area (Å²) in [6.45, 7) is 6.07. The number of amides is 1. The van der Waals surface area contributed by atoms with Crippen molar-refractivity contribution in [1.82, 2.24) is 9.21 Å². The molecule has 5 nitrogen and oxygen atoms in total. The van der Waals surface area contributed by atoms with E-state index in [0.29, 0.717) is 26.2 Å². The number of piperazine rings is 1. The molecule has 1 fully saturated rings. The molecule has 1 saturated heterocycles. The van der Waals surface area contributed by atoms with Gasteiger partial charge in [-0.15, -0.1) is 0 Å². The molecule has 0 aliphatic carbocycles. The molecule has 112 valence electrons. The van der Waals surface area contributed by atoms with E-state index >= 15 is 0 Å². The van der Waals surface area contributed by atoms with Gasteiger partial charge in [0.25, 0.3) is 0 Å². The number of hydrogen-bond donors (Lipinski definition) is 0. The van der Waals surface area contributed by atoms with Crippen LogP contribution in [0.5, 0.6) is 0 Å². The summed E-state index contributed by atoms with van der Waals surface area (Å²) >= 11 is 0. The fourth-order valence-electron chi connectivity index (χ4n) is 2.45. The molecule has 0 spiro atoms. The van der Waals surface area contributed by atoms with Gasteiger partial charge in [-0.2, -0.15) is 4.31 Å². The van der Waals surface area contributed by atoms with Gasteiger partial charge in [-0.1, -0.05) is 26.7 Å². The molecule has 1 aliphatic heterocycles. The van der Waals surface area contributed by atoms with Crippen molar-refractivity contribution in [3.63, 3.8) is 0 Å². The minimum absolute atomic E-state index is 0.102. The topological polar surface area (TPSA) is 57.7 Å². The smallest absolute Gasteiger partial charge is 0.225 e. The van der Waals surface area contributed by atoms with Crippen molar-refractivity contribution in [1.29, 1.82) is 0 Å². The minimum atomic E-state index is -3.12. The van der Waals surface area contributed by atoms with Crippen molar-refractivity contribution < 1.29 is 13.2 Å². The Balaban J connectivity index is 2.52. The quantitative estimate of drug-likeness (QED) is 0.741. The van der Waals surface area contributed by atoms with Crippen LogP contribution < -0.4 is 0 Å². The highest BCUT2D eigenvalue weighted by Gasteiger charge is 2.28. The molecule has 19 heavy (non-hydrogen) atoms. The van der Waals surface area contributed by atoms with Crippen LogP contribution in [0, 0.1) is 5.92 Å². The normalized spacial score (nSPS) is 19.4. The zero-order valence-corrected chi connectivity index (χ0v) is 13.1. The summed E-state index contributed by atoms with van der Waals surface area (Å²) in [5.74, 6) is 0.300. The standard InChI is InChI=1S/C13H26N2O3S/c1-4-6-7-12(5-2)13(16)14-8-10-15(11-9-14)19(3,17)18/h12H,4-11H2,1-3H3/t12-/m1/s1. The molecule has 0 aromatic rings. The molecule has 0 radical (unpaired) electrons. The lowest BCUT2D eigenvalue weighted by Gasteiger charge is -2.35. The first-order chi connectivity index (χ1) is 8.90. The Kier molecular flexibility index (Phi) is 6.26. The Morgan fingerprint density at radius 3 is 2.16 bits per heavy atom. The van der Waals surface area contributed by atoms with E-state index in [0.717, 1.165) is 25.7 Å². The van der Waals surface area contributed by atoms with Gasteiger partial charge in [0, 0.05) is 32.1 Å². The lowest BCUT2D eigenvalue weighted by molar-refractivity contribution is -0.137. The molecule has 0 aromatic heterocycles. The van der Waals surface area contributed by atoms with Crippen LogP contribution >= 0.6 is 0 Å². The molecule has 6 heteroatoms. The lowest BCUT2D eigenvalue weighted by Crippen LogP contribution is -2.51. The summed E-state index contributed by atoms with van der Waals surface area (Å²) in [5, 5.41) is 0. The van der Waals surface area contributed by atoms with Crippen molar-refractivity contribution in [3.8, 4) is 0 Å². The second kappa shape index (κ2) is 7.24. The average molecular weight is 290 g/mol. The second-order valence-corrected chi connectivity index (χ2v) is 7.22. The van der Waals surface area contributed by atoms with Gasteiger partial charge in [0.05, 0.1) is 6.26 Å². The average Bonchev–Trinajstić information content (AvgIpc) is 2.38. The predicted octanol–water partition coefficient (Wildman–Crippen LogP) is 1.31. The Bertz CT molecular complexity index is 387. The van der Waals surface area contributed by atoms with Gasteiger partial charge in [-0.05, 0) is 12.8 Å². The number of sulfonamides is 1. The third kappa shape index (κ3) is 4.76. The maximum Gasteiger partial charge on any atom is 0.225 e. The highest BCUT2D eigenvalue weighted by atomic mass is 32.2. The summed E-state index contributed by atoms with van der Waals surface area (Å²) in [4.78, 5) is 14.2. The van der Waals surface area contributed by atoms with E-state index in [1.54, 1.807) is 0 Å². The predicted molar refractivity (Wildman–Crippen MR) is 76.3 cm³/mol. The Labute approximate surface area is 117 Å².